The maximum Gasteiger partial charge on any atom is 0.251 e. The third kappa shape index (κ3) is 6.18. The number of nitrogens with one attached hydrogen (secondary N) is 2. The molecule has 2 aromatic carbocycles. The molecule has 4 N–H and O–H groups in total. The van der Waals surface area contributed by atoms with Crippen molar-refractivity contribution in [1.82, 2.24) is 10.6 Å². The van der Waals surface area contributed by atoms with Gasteiger partial charge in [-0.2, -0.15) is 0 Å². The van der Waals surface area contributed by atoms with Crippen molar-refractivity contribution in [3.8, 4) is 0 Å². The summed E-state index contributed by atoms with van der Waals surface area (Å²) in [5.41, 5.74) is 6.71. The van der Waals surface area contributed by atoms with Gasteiger partial charge in [-0.1, -0.05) is 30.3 Å². The van der Waals surface area contributed by atoms with Gasteiger partial charge in [0, 0.05) is 15.6 Å². The quantitative estimate of drug-likeness (QED) is 0.553. The highest BCUT2D eigenvalue weighted by Crippen LogP contribution is 2.09. The van der Waals surface area contributed by atoms with E-state index in [-0.39, 0.29) is 12.5 Å². The summed E-state index contributed by atoms with van der Waals surface area (Å²) in [6.07, 6.45) is 0.296. The number of carbonyl (C=O) groups is 3. The Balaban J connectivity index is 1.88. The van der Waals surface area contributed by atoms with E-state index in [1.165, 1.54) is 0 Å². The molecule has 3 amide bonds. The van der Waals surface area contributed by atoms with E-state index in [0.29, 0.717) is 12.0 Å². The molecule has 2 rings (SSSR count). The molecule has 0 fully saturated rings. The van der Waals surface area contributed by atoms with Gasteiger partial charge in [0.05, 0.1) is 6.54 Å². The van der Waals surface area contributed by atoms with Crippen LogP contribution in [0.25, 0.3) is 0 Å². The molecular weight excluding hydrogens is 433 g/mol. The van der Waals surface area contributed by atoms with Crippen LogP contribution < -0.4 is 16.4 Å². The van der Waals surface area contributed by atoms with Crippen LogP contribution in [0.2, 0.25) is 0 Å². The van der Waals surface area contributed by atoms with Crippen molar-refractivity contribution in [1.29, 1.82) is 0 Å². The molecule has 0 aliphatic rings. The van der Waals surface area contributed by atoms with Gasteiger partial charge in [-0.15, -0.1) is 0 Å². The van der Waals surface area contributed by atoms with E-state index in [1.54, 1.807) is 30.3 Å². The topological polar surface area (TPSA) is 101 Å². The van der Waals surface area contributed by atoms with Gasteiger partial charge in [-0.3, -0.25) is 14.4 Å². The Morgan fingerprint density at radius 1 is 1.00 bits per heavy atom. The predicted molar refractivity (Wildman–Crippen MR) is 103 cm³/mol. The van der Waals surface area contributed by atoms with Crippen LogP contribution >= 0.6 is 22.6 Å². The second kappa shape index (κ2) is 9.16. The van der Waals surface area contributed by atoms with Gasteiger partial charge in [0.2, 0.25) is 11.8 Å². The molecule has 25 heavy (non-hydrogen) atoms. The summed E-state index contributed by atoms with van der Waals surface area (Å²) in [6, 6.07) is 15.3. The van der Waals surface area contributed by atoms with Crippen molar-refractivity contribution in [2.45, 2.75) is 12.5 Å². The minimum atomic E-state index is -0.832. The van der Waals surface area contributed by atoms with Crippen LogP contribution in [0.3, 0.4) is 0 Å². The fourth-order valence-electron chi connectivity index (χ4n) is 2.18. The molecule has 0 bridgehead atoms. The maximum atomic E-state index is 12.0. The Kier molecular flexibility index (Phi) is 6.93. The highest BCUT2D eigenvalue weighted by molar-refractivity contribution is 14.1. The summed E-state index contributed by atoms with van der Waals surface area (Å²) in [5, 5.41) is 5.07. The monoisotopic (exact) mass is 451 g/mol. The molecule has 7 heteroatoms. The lowest BCUT2D eigenvalue weighted by Crippen LogP contribution is -2.49. The number of carbonyl (C=O) groups excluding carboxylic acids is 3. The highest BCUT2D eigenvalue weighted by Gasteiger charge is 2.19. The number of benzene rings is 2. The third-order valence-electron chi connectivity index (χ3n) is 3.48. The number of nitrogens with two attached hydrogens (primary N) is 1. The molecule has 0 radical (unpaired) electrons. The van der Waals surface area contributed by atoms with E-state index in [1.807, 2.05) is 24.3 Å². The Labute approximate surface area is 159 Å². The predicted octanol–water partition coefficient (Wildman–Crippen LogP) is 1.23. The number of hydrogen-bond acceptors (Lipinski definition) is 3. The number of primary amides is 1. The molecule has 0 saturated carbocycles. The van der Waals surface area contributed by atoms with E-state index in [9.17, 15) is 14.4 Å². The molecule has 0 unspecified atom stereocenters. The van der Waals surface area contributed by atoms with Crippen molar-refractivity contribution in [3.63, 3.8) is 0 Å². The second-order valence-corrected chi connectivity index (χ2v) is 6.65. The second-order valence-electron chi connectivity index (χ2n) is 5.40. The molecule has 2 aromatic rings. The van der Waals surface area contributed by atoms with Crippen molar-refractivity contribution < 1.29 is 14.4 Å². The standard InChI is InChI=1S/C18H18IN3O3/c19-14-8-6-12(7-9-14)10-15(17(20)24)22-16(23)11-21-18(25)13-4-2-1-3-5-13/h1-9,15H,10-11H2,(H2,20,24)(H,21,25)(H,22,23)/t15-/m1/s1. The lowest BCUT2D eigenvalue weighted by Gasteiger charge is -2.16. The van der Waals surface area contributed by atoms with Gasteiger partial charge in [-0.05, 0) is 52.4 Å². The van der Waals surface area contributed by atoms with Crippen LogP contribution in [-0.4, -0.2) is 30.3 Å². The minimum absolute atomic E-state index is 0.232. The average molecular weight is 451 g/mol. The van der Waals surface area contributed by atoms with Crippen molar-refractivity contribution >= 4 is 40.3 Å². The summed E-state index contributed by atoms with van der Waals surface area (Å²) < 4.78 is 1.07. The van der Waals surface area contributed by atoms with Crippen LogP contribution in [0, 0.1) is 3.57 Å². The smallest absolute Gasteiger partial charge is 0.251 e. The average Bonchev–Trinajstić information content (AvgIpc) is 2.61. The first-order valence-corrected chi connectivity index (χ1v) is 8.70. The van der Waals surface area contributed by atoms with Gasteiger partial charge < -0.3 is 16.4 Å². The lowest BCUT2D eigenvalue weighted by molar-refractivity contribution is -0.126. The third-order valence-corrected chi connectivity index (χ3v) is 4.20. The Hall–Kier alpha value is -2.42. The molecule has 0 aromatic heterocycles. The maximum absolute atomic E-state index is 12.0. The molecule has 0 aliphatic heterocycles. The molecule has 6 nitrogen and oxygen atoms in total. The largest absolute Gasteiger partial charge is 0.368 e. The summed E-state index contributed by atoms with van der Waals surface area (Å²) in [6.45, 7) is -0.232. The van der Waals surface area contributed by atoms with Gasteiger partial charge in [-0.25, -0.2) is 0 Å². The van der Waals surface area contributed by atoms with Crippen LogP contribution in [0.4, 0.5) is 0 Å². The van der Waals surface area contributed by atoms with Gasteiger partial charge >= 0.3 is 0 Å². The van der Waals surface area contributed by atoms with E-state index < -0.39 is 17.9 Å². The van der Waals surface area contributed by atoms with E-state index >= 15 is 0 Å². The zero-order valence-corrected chi connectivity index (χ0v) is 15.5. The highest BCUT2D eigenvalue weighted by atomic mass is 127. The van der Waals surface area contributed by atoms with Crippen LogP contribution in [0.15, 0.2) is 54.6 Å². The molecule has 130 valence electrons. The summed E-state index contributed by atoms with van der Waals surface area (Å²) in [5.74, 6) is -1.45. The van der Waals surface area contributed by atoms with E-state index in [2.05, 4.69) is 33.2 Å². The van der Waals surface area contributed by atoms with E-state index in [0.717, 1.165) is 9.13 Å². The molecular formula is C18H18IN3O3. The zero-order valence-electron chi connectivity index (χ0n) is 13.4. The van der Waals surface area contributed by atoms with Gasteiger partial charge in [0.25, 0.3) is 5.91 Å². The molecule has 1 atom stereocenters. The number of amides is 3. The molecule has 0 spiro atoms. The summed E-state index contributed by atoms with van der Waals surface area (Å²) >= 11 is 2.18. The normalized spacial score (nSPS) is 11.4. The number of hydrogen-bond donors (Lipinski definition) is 3. The fraction of sp³-hybridized carbons (Fsp3) is 0.167. The SMILES string of the molecule is NC(=O)[C@@H](Cc1ccc(I)cc1)NC(=O)CNC(=O)c1ccccc1. The molecule has 0 aliphatic carbocycles. The van der Waals surface area contributed by atoms with Crippen LogP contribution in [-0.2, 0) is 16.0 Å². The first kappa shape index (κ1) is 18.9. The number of rotatable bonds is 7. The van der Waals surface area contributed by atoms with Crippen molar-refractivity contribution in [2.24, 2.45) is 5.73 Å². The molecule has 0 saturated heterocycles. The van der Waals surface area contributed by atoms with Crippen LogP contribution in [0.5, 0.6) is 0 Å². The van der Waals surface area contributed by atoms with Crippen molar-refractivity contribution in [3.05, 3.63) is 69.3 Å². The molecule has 0 heterocycles. The Morgan fingerprint density at radius 2 is 1.64 bits per heavy atom. The van der Waals surface area contributed by atoms with Crippen molar-refractivity contribution in [2.75, 3.05) is 6.54 Å². The van der Waals surface area contributed by atoms with Crippen LogP contribution in [0.1, 0.15) is 15.9 Å². The van der Waals surface area contributed by atoms with E-state index in [4.69, 9.17) is 5.73 Å². The fourth-order valence-corrected chi connectivity index (χ4v) is 2.54. The first-order valence-electron chi connectivity index (χ1n) is 7.62. The lowest BCUT2D eigenvalue weighted by atomic mass is 10.1. The van der Waals surface area contributed by atoms with Gasteiger partial charge in [0.1, 0.15) is 6.04 Å². The summed E-state index contributed by atoms with van der Waals surface area (Å²) in [4.78, 5) is 35.5. The Morgan fingerprint density at radius 3 is 2.24 bits per heavy atom. The number of halogens is 1. The summed E-state index contributed by atoms with van der Waals surface area (Å²) in [7, 11) is 0. The first-order chi connectivity index (χ1) is 12.0. The zero-order chi connectivity index (χ0) is 18.2. The van der Waals surface area contributed by atoms with Gasteiger partial charge in [0.15, 0.2) is 0 Å². The Bertz CT molecular complexity index is 748. The minimum Gasteiger partial charge on any atom is -0.368 e.